The quantitative estimate of drug-likeness (QED) is 0.735. The second kappa shape index (κ2) is 6.57. The lowest BCUT2D eigenvalue weighted by molar-refractivity contribution is 0.302. The molecule has 0 saturated heterocycles. The van der Waals surface area contributed by atoms with Crippen molar-refractivity contribution in [1.82, 2.24) is 15.2 Å². The number of fused-ring (bicyclic) bond motifs is 1. The van der Waals surface area contributed by atoms with E-state index in [1.807, 2.05) is 0 Å². The zero-order valence-electron chi connectivity index (χ0n) is 11.4. The molecule has 1 aromatic heterocycles. The summed E-state index contributed by atoms with van der Waals surface area (Å²) in [6, 6.07) is 10.6. The van der Waals surface area contributed by atoms with Crippen LogP contribution in [0.1, 0.15) is 19.5 Å². The van der Waals surface area contributed by atoms with Crippen LogP contribution in [0.5, 0.6) is 0 Å². The number of rotatable bonds is 7. The lowest BCUT2D eigenvalue weighted by atomic mass is 10.2. The van der Waals surface area contributed by atoms with E-state index in [-0.39, 0.29) is 0 Å². The minimum atomic E-state index is 0.913. The Kier molecular flexibility index (Phi) is 4.79. The Balaban J connectivity index is 1.80. The molecule has 0 aliphatic carbocycles. The molecule has 0 aliphatic heterocycles. The maximum Gasteiger partial charge on any atom is 0.0456 e. The minimum absolute atomic E-state index is 0.913. The summed E-state index contributed by atoms with van der Waals surface area (Å²) < 4.78 is 0. The molecule has 98 valence electrons. The van der Waals surface area contributed by atoms with Gasteiger partial charge in [0.15, 0.2) is 0 Å². The Morgan fingerprint density at radius 1 is 1.17 bits per heavy atom. The molecule has 1 heterocycles. The summed E-state index contributed by atoms with van der Waals surface area (Å²) in [7, 11) is 0. The van der Waals surface area contributed by atoms with Crippen molar-refractivity contribution in [2.75, 3.05) is 26.2 Å². The highest BCUT2D eigenvalue weighted by Crippen LogP contribution is 2.14. The van der Waals surface area contributed by atoms with E-state index < -0.39 is 0 Å². The van der Waals surface area contributed by atoms with E-state index in [1.54, 1.807) is 0 Å². The average Bonchev–Trinajstić information content (AvgIpc) is 2.81. The molecular weight excluding hydrogens is 222 g/mol. The van der Waals surface area contributed by atoms with Crippen molar-refractivity contribution >= 4 is 10.9 Å². The number of H-pyrrole nitrogens is 1. The molecule has 0 spiro atoms. The Labute approximate surface area is 109 Å². The summed E-state index contributed by atoms with van der Waals surface area (Å²) >= 11 is 0. The van der Waals surface area contributed by atoms with Gasteiger partial charge in [-0.25, -0.2) is 0 Å². The average molecular weight is 245 g/mol. The first kappa shape index (κ1) is 13.1. The van der Waals surface area contributed by atoms with Crippen LogP contribution in [-0.2, 0) is 6.54 Å². The summed E-state index contributed by atoms with van der Waals surface area (Å²) in [4.78, 5) is 5.86. The molecule has 3 heteroatoms. The lowest BCUT2D eigenvalue weighted by Gasteiger charge is -2.17. The second-order valence-corrected chi connectivity index (χ2v) is 4.59. The highest BCUT2D eigenvalue weighted by molar-refractivity contribution is 5.80. The molecule has 3 nitrogen and oxygen atoms in total. The lowest BCUT2D eigenvalue weighted by Crippen LogP contribution is -2.31. The number of aromatic nitrogens is 1. The van der Waals surface area contributed by atoms with Gasteiger partial charge in [-0.15, -0.1) is 0 Å². The number of hydrogen-bond donors (Lipinski definition) is 2. The molecule has 0 bridgehead atoms. The first-order valence-electron chi connectivity index (χ1n) is 6.83. The van der Waals surface area contributed by atoms with Crippen LogP contribution in [0, 0.1) is 0 Å². The van der Waals surface area contributed by atoms with Crippen molar-refractivity contribution in [3.8, 4) is 0 Å². The van der Waals surface area contributed by atoms with Gasteiger partial charge in [-0.05, 0) is 30.6 Å². The van der Waals surface area contributed by atoms with Gasteiger partial charge in [-0.2, -0.15) is 0 Å². The van der Waals surface area contributed by atoms with Crippen molar-refractivity contribution < 1.29 is 0 Å². The molecule has 0 aliphatic rings. The Morgan fingerprint density at radius 3 is 2.67 bits per heavy atom. The van der Waals surface area contributed by atoms with E-state index in [4.69, 9.17) is 0 Å². The number of hydrogen-bond acceptors (Lipinski definition) is 2. The molecule has 2 rings (SSSR count). The van der Waals surface area contributed by atoms with Crippen LogP contribution in [0.2, 0.25) is 0 Å². The van der Waals surface area contributed by atoms with Gasteiger partial charge in [0.05, 0.1) is 0 Å². The predicted molar refractivity (Wildman–Crippen MR) is 77.8 cm³/mol. The van der Waals surface area contributed by atoms with E-state index in [1.165, 1.54) is 16.6 Å². The summed E-state index contributed by atoms with van der Waals surface area (Å²) in [6.07, 6.45) is 0. The van der Waals surface area contributed by atoms with Crippen molar-refractivity contribution in [3.05, 3.63) is 36.0 Å². The third-order valence-electron chi connectivity index (χ3n) is 3.40. The molecule has 18 heavy (non-hydrogen) atoms. The van der Waals surface area contributed by atoms with Gasteiger partial charge in [0.25, 0.3) is 0 Å². The van der Waals surface area contributed by atoms with Crippen molar-refractivity contribution in [2.45, 2.75) is 20.4 Å². The van der Waals surface area contributed by atoms with E-state index in [9.17, 15) is 0 Å². The molecule has 0 saturated carbocycles. The largest absolute Gasteiger partial charge is 0.357 e. The van der Waals surface area contributed by atoms with Crippen molar-refractivity contribution in [1.29, 1.82) is 0 Å². The summed E-state index contributed by atoms with van der Waals surface area (Å²) in [5, 5.41) is 4.78. The minimum Gasteiger partial charge on any atom is -0.357 e. The maximum absolute atomic E-state index is 3.49. The van der Waals surface area contributed by atoms with Crippen LogP contribution >= 0.6 is 0 Å². The Hall–Kier alpha value is -1.32. The first-order chi connectivity index (χ1) is 8.83. The normalized spacial score (nSPS) is 11.5. The zero-order chi connectivity index (χ0) is 12.8. The standard InChI is InChI=1S/C15H23N3/c1-3-18(4-2)10-9-16-12-14-11-13-7-5-6-8-15(13)17-14/h5-8,11,16-17H,3-4,9-10,12H2,1-2H3. The molecule has 1 aromatic carbocycles. The number of nitrogens with zero attached hydrogens (tertiary/aromatic N) is 1. The number of likely N-dealkylation sites (N-methyl/N-ethyl adjacent to an activating group) is 1. The van der Waals surface area contributed by atoms with Gasteiger partial charge >= 0.3 is 0 Å². The Bertz CT molecular complexity index is 438. The van der Waals surface area contributed by atoms with Gasteiger partial charge in [0.2, 0.25) is 0 Å². The van der Waals surface area contributed by atoms with E-state index in [0.29, 0.717) is 0 Å². The highest BCUT2D eigenvalue weighted by atomic mass is 15.1. The Morgan fingerprint density at radius 2 is 1.94 bits per heavy atom. The molecule has 0 fully saturated rings. The monoisotopic (exact) mass is 245 g/mol. The SMILES string of the molecule is CCN(CC)CCNCc1cc2ccccc2[nH]1. The van der Waals surface area contributed by atoms with Crippen LogP contribution < -0.4 is 5.32 Å². The van der Waals surface area contributed by atoms with Gasteiger partial charge in [-0.1, -0.05) is 32.0 Å². The molecule has 2 aromatic rings. The summed E-state index contributed by atoms with van der Waals surface area (Å²) in [5.74, 6) is 0. The maximum atomic E-state index is 3.49. The number of benzene rings is 1. The van der Waals surface area contributed by atoms with Crippen LogP contribution in [0.25, 0.3) is 10.9 Å². The zero-order valence-corrected chi connectivity index (χ0v) is 11.4. The third-order valence-corrected chi connectivity index (χ3v) is 3.40. The van der Waals surface area contributed by atoms with E-state index in [0.717, 1.165) is 32.7 Å². The molecule has 0 atom stereocenters. The molecule has 0 amide bonds. The van der Waals surface area contributed by atoms with Crippen LogP contribution in [0.15, 0.2) is 30.3 Å². The number of aromatic amines is 1. The fraction of sp³-hybridized carbons (Fsp3) is 0.467. The summed E-state index contributed by atoms with van der Waals surface area (Å²) in [5.41, 5.74) is 2.48. The smallest absolute Gasteiger partial charge is 0.0456 e. The third kappa shape index (κ3) is 3.34. The summed E-state index contributed by atoms with van der Waals surface area (Å²) in [6.45, 7) is 9.75. The van der Waals surface area contributed by atoms with Gasteiger partial charge < -0.3 is 15.2 Å². The van der Waals surface area contributed by atoms with Crippen LogP contribution in [0.3, 0.4) is 0 Å². The highest BCUT2D eigenvalue weighted by Gasteiger charge is 2.00. The van der Waals surface area contributed by atoms with Gasteiger partial charge in [0, 0.05) is 30.8 Å². The van der Waals surface area contributed by atoms with E-state index >= 15 is 0 Å². The topological polar surface area (TPSA) is 31.1 Å². The fourth-order valence-corrected chi connectivity index (χ4v) is 2.23. The van der Waals surface area contributed by atoms with Crippen molar-refractivity contribution in [2.24, 2.45) is 0 Å². The van der Waals surface area contributed by atoms with Gasteiger partial charge in [0.1, 0.15) is 0 Å². The molecular formula is C15H23N3. The number of nitrogens with one attached hydrogen (secondary N) is 2. The molecule has 0 unspecified atom stereocenters. The van der Waals surface area contributed by atoms with Gasteiger partial charge in [-0.3, -0.25) is 0 Å². The van der Waals surface area contributed by atoms with Crippen LogP contribution in [-0.4, -0.2) is 36.1 Å². The fourth-order valence-electron chi connectivity index (χ4n) is 2.23. The van der Waals surface area contributed by atoms with Crippen LogP contribution in [0.4, 0.5) is 0 Å². The molecule has 2 N–H and O–H groups in total. The van der Waals surface area contributed by atoms with E-state index in [2.05, 4.69) is 59.4 Å². The predicted octanol–water partition coefficient (Wildman–Crippen LogP) is 2.60. The number of para-hydroxylation sites is 1. The first-order valence-corrected chi connectivity index (χ1v) is 6.83. The van der Waals surface area contributed by atoms with Crippen molar-refractivity contribution in [3.63, 3.8) is 0 Å². The molecule has 0 radical (unpaired) electrons. The second-order valence-electron chi connectivity index (χ2n) is 4.59.